The van der Waals surface area contributed by atoms with Gasteiger partial charge < -0.3 is 14.8 Å². The van der Waals surface area contributed by atoms with Gasteiger partial charge in [-0.25, -0.2) is 8.42 Å². The first-order valence-corrected chi connectivity index (χ1v) is 11.9. The van der Waals surface area contributed by atoms with Crippen LogP contribution in [0, 0.1) is 6.92 Å². The lowest BCUT2D eigenvalue weighted by molar-refractivity contribution is 0.0950. The Hall–Kier alpha value is -2.75. The summed E-state index contributed by atoms with van der Waals surface area (Å²) in [5.74, 6) is 0.224. The number of methoxy groups -OCH3 is 2. The summed E-state index contributed by atoms with van der Waals surface area (Å²) in [6, 6.07) is 9.32. The van der Waals surface area contributed by atoms with Crippen molar-refractivity contribution in [3.05, 3.63) is 68.9 Å². The van der Waals surface area contributed by atoms with Crippen molar-refractivity contribution in [3.63, 3.8) is 0 Å². The number of benzene rings is 2. The first kappa shape index (κ1) is 22.9. The van der Waals surface area contributed by atoms with Crippen molar-refractivity contribution in [3.8, 4) is 11.5 Å². The number of nitrogens with one attached hydrogen (secondary N) is 2. The van der Waals surface area contributed by atoms with Crippen molar-refractivity contribution in [1.29, 1.82) is 0 Å². The number of carbonyl (C=O) groups excluding carboxylic acids is 1. The number of ether oxygens (including phenoxy) is 2. The third-order valence-electron chi connectivity index (χ3n) is 4.49. The lowest BCUT2D eigenvalue weighted by Crippen LogP contribution is -2.23. The van der Waals surface area contributed by atoms with Gasteiger partial charge in [-0.15, -0.1) is 0 Å². The Labute approximate surface area is 190 Å². The molecule has 0 atom stereocenters. The molecule has 0 saturated heterocycles. The first-order valence-electron chi connectivity index (χ1n) is 9.09. The van der Waals surface area contributed by atoms with Crippen LogP contribution in [0.4, 0.5) is 5.69 Å². The Bertz CT molecular complexity index is 1190. The van der Waals surface area contributed by atoms with Crippen molar-refractivity contribution in [1.82, 2.24) is 5.32 Å². The molecule has 0 aliphatic carbocycles. The number of sulfonamides is 1. The van der Waals surface area contributed by atoms with Crippen LogP contribution in [0.2, 0.25) is 5.02 Å². The summed E-state index contributed by atoms with van der Waals surface area (Å²) in [7, 11) is -1.18. The summed E-state index contributed by atoms with van der Waals surface area (Å²) in [6.07, 6.45) is 0. The molecule has 0 aliphatic rings. The Morgan fingerprint density at radius 1 is 1.10 bits per heavy atom. The van der Waals surface area contributed by atoms with Crippen LogP contribution in [-0.4, -0.2) is 28.5 Å². The monoisotopic (exact) mass is 480 g/mol. The number of rotatable bonds is 8. The van der Waals surface area contributed by atoms with Gasteiger partial charge in [-0.05, 0) is 53.1 Å². The molecule has 0 radical (unpaired) electrons. The first-order chi connectivity index (χ1) is 14.7. The highest BCUT2D eigenvalue weighted by Crippen LogP contribution is 2.37. The highest BCUT2D eigenvalue weighted by atomic mass is 35.5. The second-order valence-corrected chi connectivity index (χ2v) is 9.43. The number of carbonyl (C=O) groups is 1. The molecule has 0 spiro atoms. The Balaban J connectivity index is 1.88. The van der Waals surface area contributed by atoms with E-state index in [1.165, 1.54) is 43.8 Å². The van der Waals surface area contributed by atoms with Gasteiger partial charge in [-0.1, -0.05) is 17.7 Å². The second kappa shape index (κ2) is 9.59. The predicted molar refractivity (Wildman–Crippen MR) is 122 cm³/mol. The molecule has 3 aromatic rings. The molecule has 31 heavy (non-hydrogen) atoms. The molecule has 0 bridgehead atoms. The molecule has 10 heteroatoms. The molecular weight excluding hydrogens is 460 g/mol. The van der Waals surface area contributed by atoms with Crippen molar-refractivity contribution in [2.75, 3.05) is 18.9 Å². The summed E-state index contributed by atoms with van der Waals surface area (Å²) in [5.41, 5.74) is 1.85. The summed E-state index contributed by atoms with van der Waals surface area (Å²) >= 11 is 7.68. The average Bonchev–Trinajstić information content (AvgIpc) is 3.26. The van der Waals surface area contributed by atoms with E-state index in [0.29, 0.717) is 17.9 Å². The molecule has 0 aliphatic heterocycles. The van der Waals surface area contributed by atoms with Crippen LogP contribution in [0.3, 0.4) is 0 Å². The molecule has 1 heterocycles. The van der Waals surface area contributed by atoms with E-state index in [2.05, 4.69) is 10.0 Å². The zero-order valence-corrected chi connectivity index (χ0v) is 19.5. The number of hydrogen-bond acceptors (Lipinski definition) is 6. The number of thiophene rings is 1. The standard InChI is InChI=1S/C21H21ClN2O5S2/c1-13-4-5-15(21(25)23-11-14-6-7-30-12-14)8-20(13)31(26,27)24-17-9-16(22)18(28-2)10-19(17)29-3/h4-10,12,24H,11H2,1-3H3,(H,23,25). The molecular formula is C21H21ClN2O5S2. The van der Waals surface area contributed by atoms with Crippen LogP contribution in [0.1, 0.15) is 21.5 Å². The highest BCUT2D eigenvalue weighted by Gasteiger charge is 2.22. The molecule has 0 saturated carbocycles. The van der Waals surface area contributed by atoms with Crippen LogP contribution in [0.25, 0.3) is 0 Å². The van der Waals surface area contributed by atoms with Gasteiger partial charge in [0.15, 0.2) is 0 Å². The molecule has 1 aromatic heterocycles. The van der Waals surface area contributed by atoms with Gasteiger partial charge in [0.05, 0.1) is 29.8 Å². The maximum absolute atomic E-state index is 13.1. The van der Waals surface area contributed by atoms with E-state index in [1.807, 2.05) is 16.8 Å². The fraction of sp³-hybridized carbons (Fsp3) is 0.190. The van der Waals surface area contributed by atoms with Crippen LogP contribution in [0.5, 0.6) is 11.5 Å². The fourth-order valence-corrected chi connectivity index (χ4v) is 5.09. The molecule has 0 unspecified atom stereocenters. The second-order valence-electron chi connectivity index (χ2n) is 6.59. The van der Waals surface area contributed by atoms with E-state index < -0.39 is 10.0 Å². The maximum atomic E-state index is 13.1. The predicted octanol–water partition coefficient (Wildman–Crippen LogP) is 4.46. The van der Waals surface area contributed by atoms with Gasteiger partial charge in [-0.3, -0.25) is 9.52 Å². The van der Waals surface area contributed by atoms with Crippen molar-refractivity contribution < 1.29 is 22.7 Å². The highest BCUT2D eigenvalue weighted by molar-refractivity contribution is 7.92. The topological polar surface area (TPSA) is 93.7 Å². The zero-order valence-electron chi connectivity index (χ0n) is 17.1. The van der Waals surface area contributed by atoms with E-state index >= 15 is 0 Å². The van der Waals surface area contributed by atoms with Gasteiger partial charge >= 0.3 is 0 Å². The van der Waals surface area contributed by atoms with Gasteiger partial charge in [0.25, 0.3) is 15.9 Å². The molecule has 2 N–H and O–H groups in total. The number of hydrogen-bond donors (Lipinski definition) is 2. The van der Waals surface area contributed by atoms with Crippen molar-refractivity contribution >= 4 is 44.6 Å². The zero-order chi connectivity index (χ0) is 22.6. The summed E-state index contributed by atoms with van der Waals surface area (Å²) in [5, 5.41) is 6.86. The van der Waals surface area contributed by atoms with Gasteiger partial charge in [0, 0.05) is 18.2 Å². The fourth-order valence-electron chi connectivity index (χ4n) is 2.85. The minimum absolute atomic E-state index is 0.0234. The number of anilines is 1. The van der Waals surface area contributed by atoms with Crippen molar-refractivity contribution in [2.45, 2.75) is 18.4 Å². The van der Waals surface area contributed by atoms with Gasteiger partial charge in [0.1, 0.15) is 11.5 Å². The van der Waals surface area contributed by atoms with E-state index in [-0.39, 0.29) is 32.8 Å². The van der Waals surface area contributed by atoms with E-state index in [4.69, 9.17) is 21.1 Å². The SMILES string of the molecule is COc1cc(OC)c(NS(=O)(=O)c2cc(C(=O)NCc3ccsc3)ccc2C)cc1Cl. The smallest absolute Gasteiger partial charge is 0.262 e. The summed E-state index contributed by atoms with van der Waals surface area (Å²) in [6.45, 7) is 2.01. The van der Waals surface area contributed by atoms with Gasteiger partial charge in [-0.2, -0.15) is 11.3 Å². The van der Waals surface area contributed by atoms with Crippen LogP contribution in [0.15, 0.2) is 52.1 Å². The molecule has 3 rings (SSSR count). The Morgan fingerprint density at radius 3 is 2.48 bits per heavy atom. The van der Waals surface area contributed by atoms with E-state index in [1.54, 1.807) is 19.1 Å². The van der Waals surface area contributed by atoms with Gasteiger partial charge in [0.2, 0.25) is 0 Å². The lowest BCUT2D eigenvalue weighted by atomic mass is 10.1. The largest absolute Gasteiger partial charge is 0.495 e. The Morgan fingerprint density at radius 2 is 1.84 bits per heavy atom. The summed E-state index contributed by atoms with van der Waals surface area (Å²) < 4.78 is 39.1. The number of aryl methyl sites for hydroxylation is 1. The minimum Gasteiger partial charge on any atom is -0.495 e. The minimum atomic E-state index is -4.03. The summed E-state index contributed by atoms with van der Waals surface area (Å²) in [4.78, 5) is 12.5. The third-order valence-corrected chi connectivity index (χ3v) is 7.03. The molecule has 0 fully saturated rings. The molecule has 2 aromatic carbocycles. The Kier molecular flexibility index (Phi) is 7.09. The van der Waals surface area contributed by atoms with Crippen molar-refractivity contribution in [2.24, 2.45) is 0 Å². The third kappa shape index (κ3) is 5.30. The van der Waals surface area contributed by atoms with E-state index in [9.17, 15) is 13.2 Å². The average molecular weight is 481 g/mol. The molecule has 1 amide bonds. The quantitative estimate of drug-likeness (QED) is 0.496. The maximum Gasteiger partial charge on any atom is 0.262 e. The van der Waals surface area contributed by atoms with E-state index in [0.717, 1.165) is 5.56 Å². The van der Waals surface area contributed by atoms with Crippen LogP contribution in [-0.2, 0) is 16.6 Å². The number of halogens is 1. The van der Waals surface area contributed by atoms with Crippen LogP contribution < -0.4 is 19.5 Å². The lowest BCUT2D eigenvalue weighted by Gasteiger charge is -2.16. The van der Waals surface area contributed by atoms with Crippen LogP contribution >= 0.6 is 22.9 Å². The molecule has 7 nitrogen and oxygen atoms in total. The number of amides is 1. The molecule has 164 valence electrons. The normalized spacial score (nSPS) is 11.1.